The van der Waals surface area contributed by atoms with Crippen LogP contribution in [0.3, 0.4) is 0 Å². The number of hydrogen-bond donors (Lipinski definition) is 1. The molecule has 0 unspecified atom stereocenters. The first-order chi connectivity index (χ1) is 11.5. The van der Waals surface area contributed by atoms with Crippen LogP contribution in [-0.2, 0) is 24.2 Å². The van der Waals surface area contributed by atoms with E-state index in [2.05, 4.69) is 10.1 Å². The lowest BCUT2D eigenvalue weighted by atomic mass is 9.99. The summed E-state index contributed by atoms with van der Waals surface area (Å²) in [5, 5.41) is 13.5. The van der Waals surface area contributed by atoms with Gasteiger partial charge in [-0.2, -0.15) is 4.98 Å². The zero-order valence-corrected chi connectivity index (χ0v) is 14.2. The summed E-state index contributed by atoms with van der Waals surface area (Å²) in [7, 11) is 0. The van der Waals surface area contributed by atoms with Gasteiger partial charge in [0.05, 0.1) is 0 Å². The molecule has 0 spiro atoms. The van der Waals surface area contributed by atoms with Gasteiger partial charge in [-0.15, -0.1) is 0 Å². The van der Waals surface area contributed by atoms with E-state index in [0.29, 0.717) is 37.5 Å². The summed E-state index contributed by atoms with van der Waals surface area (Å²) in [6.45, 7) is 5.34. The maximum absolute atomic E-state index is 12.4. The molecule has 6 heteroatoms. The number of aromatic hydroxyl groups is 1. The van der Waals surface area contributed by atoms with Gasteiger partial charge in [-0.3, -0.25) is 4.79 Å². The molecule has 1 N–H and O–H groups in total. The molecule has 0 saturated heterocycles. The van der Waals surface area contributed by atoms with Crippen LogP contribution in [0.1, 0.15) is 55.4 Å². The molecular formula is C18H23N3O3. The van der Waals surface area contributed by atoms with Crippen LogP contribution < -0.4 is 0 Å². The van der Waals surface area contributed by atoms with Crippen molar-refractivity contribution >= 4 is 5.91 Å². The number of hydrogen-bond acceptors (Lipinski definition) is 5. The van der Waals surface area contributed by atoms with Gasteiger partial charge in [0.1, 0.15) is 5.75 Å². The van der Waals surface area contributed by atoms with E-state index in [1.54, 1.807) is 12.1 Å². The molecule has 3 rings (SSSR count). The minimum absolute atomic E-state index is 0.132. The Morgan fingerprint density at radius 1 is 1.38 bits per heavy atom. The van der Waals surface area contributed by atoms with E-state index in [1.165, 1.54) is 5.56 Å². The standard InChI is InChI=1S/C18H23N3O3/c1-12(2)18-19-16(24-20-18)4-3-5-17(23)21-9-8-13-6-7-15(22)10-14(13)11-21/h6-7,10,12,22H,3-5,8-9,11H2,1-2H3. The normalized spacial score (nSPS) is 14.0. The van der Waals surface area contributed by atoms with Gasteiger partial charge < -0.3 is 14.5 Å². The highest BCUT2D eigenvalue weighted by atomic mass is 16.5. The second-order valence-corrected chi connectivity index (χ2v) is 6.57. The second kappa shape index (κ2) is 7.03. The molecule has 128 valence electrons. The summed E-state index contributed by atoms with van der Waals surface area (Å²) in [6.07, 6.45) is 2.62. The highest BCUT2D eigenvalue weighted by molar-refractivity contribution is 5.76. The first-order valence-corrected chi connectivity index (χ1v) is 8.44. The number of amides is 1. The largest absolute Gasteiger partial charge is 0.508 e. The summed E-state index contributed by atoms with van der Waals surface area (Å²) in [6, 6.07) is 5.39. The SMILES string of the molecule is CC(C)c1noc(CCCC(=O)N2CCc3ccc(O)cc3C2)n1. The van der Waals surface area contributed by atoms with Crippen molar-refractivity contribution in [2.24, 2.45) is 0 Å². The van der Waals surface area contributed by atoms with E-state index in [-0.39, 0.29) is 17.6 Å². The van der Waals surface area contributed by atoms with Gasteiger partial charge in [-0.05, 0) is 36.1 Å². The van der Waals surface area contributed by atoms with Crippen LogP contribution in [0.4, 0.5) is 0 Å². The van der Waals surface area contributed by atoms with Crippen molar-refractivity contribution in [3.8, 4) is 5.75 Å². The third-order valence-electron chi connectivity index (χ3n) is 4.34. The highest BCUT2D eigenvalue weighted by Crippen LogP contribution is 2.23. The lowest BCUT2D eigenvalue weighted by molar-refractivity contribution is -0.132. The number of phenols is 1. The minimum atomic E-state index is 0.132. The number of phenolic OH excluding ortho intramolecular Hbond substituents is 1. The predicted molar refractivity (Wildman–Crippen MR) is 88.6 cm³/mol. The van der Waals surface area contributed by atoms with Crippen molar-refractivity contribution in [3.63, 3.8) is 0 Å². The number of rotatable bonds is 5. The van der Waals surface area contributed by atoms with Crippen molar-refractivity contribution in [2.75, 3.05) is 6.54 Å². The lowest BCUT2D eigenvalue weighted by Gasteiger charge is -2.29. The quantitative estimate of drug-likeness (QED) is 0.912. The molecule has 0 saturated carbocycles. The maximum atomic E-state index is 12.4. The van der Waals surface area contributed by atoms with Crippen LogP contribution in [0.25, 0.3) is 0 Å². The minimum Gasteiger partial charge on any atom is -0.508 e. The first kappa shape index (κ1) is 16.5. The average Bonchev–Trinajstić information content (AvgIpc) is 3.03. The fourth-order valence-electron chi connectivity index (χ4n) is 2.91. The van der Waals surface area contributed by atoms with Crippen molar-refractivity contribution in [2.45, 2.75) is 52.0 Å². The monoisotopic (exact) mass is 329 g/mol. The highest BCUT2D eigenvalue weighted by Gasteiger charge is 2.21. The van der Waals surface area contributed by atoms with E-state index < -0.39 is 0 Å². The molecule has 0 aliphatic carbocycles. The zero-order chi connectivity index (χ0) is 17.1. The number of fused-ring (bicyclic) bond motifs is 1. The number of carbonyl (C=O) groups excluding carboxylic acids is 1. The summed E-state index contributed by atoms with van der Waals surface area (Å²) in [5.74, 6) is 1.94. The van der Waals surface area contributed by atoms with Crippen LogP contribution in [0.5, 0.6) is 5.75 Å². The summed E-state index contributed by atoms with van der Waals surface area (Å²) in [5.41, 5.74) is 2.25. The fraction of sp³-hybridized carbons (Fsp3) is 0.500. The van der Waals surface area contributed by atoms with Crippen molar-refractivity contribution in [1.82, 2.24) is 15.0 Å². The summed E-state index contributed by atoms with van der Waals surface area (Å²) < 4.78 is 5.20. The van der Waals surface area contributed by atoms with Crippen molar-refractivity contribution < 1.29 is 14.4 Å². The molecule has 1 aromatic heterocycles. The Kier molecular flexibility index (Phi) is 4.83. The van der Waals surface area contributed by atoms with E-state index >= 15 is 0 Å². The van der Waals surface area contributed by atoms with Gasteiger partial charge in [0.2, 0.25) is 11.8 Å². The summed E-state index contributed by atoms with van der Waals surface area (Å²) in [4.78, 5) is 18.6. The van der Waals surface area contributed by atoms with Crippen LogP contribution in [0.2, 0.25) is 0 Å². The molecule has 1 amide bonds. The van der Waals surface area contributed by atoms with Gasteiger partial charge in [-0.25, -0.2) is 0 Å². The molecule has 24 heavy (non-hydrogen) atoms. The van der Waals surface area contributed by atoms with E-state index in [0.717, 1.165) is 18.5 Å². The smallest absolute Gasteiger partial charge is 0.226 e. The Bertz CT molecular complexity index is 724. The maximum Gasteiger partial charge on any atom is 0.226 e. The molecule has 0 radical (unpaired) electrons. The van der Waals surface area contributed by atoms with Gasteiger partial charge in [-0.1, -0.05) is 25.1 Å². The molecule has 2 aromatic rings. The molecule has 0 fully saturated rings. The first-order valence-electron chi connectivity index (χ1n) is 8.44. The van der Waals surface area contributed by atoms with Crippen molar-refractivity contribution in [3.05, 3.63) is 41.0 Å². The van der Waals surface area contributed by atoms with Crippen LogP contribution in [0, 0.1) is 0 Å². The van der Waals surface area contributed by atoms with Crippen LogP contribution in [-0.4, -0.2) is 32.6 Å². The Hall–Kier alpha value is -2.37. The number of benzene rings is 1. The average molecular weight is 329 g/mol. The number of nitrogens with zero attached hydrogens (tertiary/aromatic N) is 3. The molecule has 1 aromatic carbocycles. The Balaban J connectivity index is 1.50. The predicted octanol–water partition coefficient (Wildman–Crippen LogP) is 2.81. The number of aromatic nitrogens is 2. The van der Waals surface area contributed by atoms with Crippen molar-refractivity contribution in [1.29, 1.82) is 0 Å². The lowest BCUT2D eigenvalue weighted by Crippen LogP contribution is -2.35. The zero-order valence-electron chi connectivity index (χ0n) is 14.2. The third kappa shape index (κ3) is 3.75. The van der Waals surface area contributed by atoms with Crippen LogP contribution in [0.15, 0.2) is 22.7 Å². The van der Waals surface area contributed by atoms with E-state index in [9.17, 15) is 9.90 Å². The van der Waals surface area contributed by atoms with Gasteiger partial charge in [0.25, 0.3) is 0 Å². The topological polar surface area (TPSA) is 79.5 Å². The molecule has 0 bridgehead atoms. The van der Waals surface area contributed by atoms with Gasteiger partial charge >= 0.3 is 0 Å². The molecule has 6 nitrogen and oxygen atoms in total. The third-order valence-corrected chi connectivity index (χ3v) is 4.34. The number of carbonyl (C=O) groups is 1. The molecular weight excluding hydrogens is 306 g/mol. The Labute approximate surface area is 141 Å². The second-order valence-electron chi connectivity index (χ2n) is 6.57. The molecule has 0 atom stereocenters. The molecule has 2 heterocycles. The molecule has 1 aliphatic heterocycles. The Morgan fingerprint density at radius 3 is 2.96 bits per heavy atom. The van der Waals surface area contributed by atoms with E-state index in [1.807, 2.05) is 24.8 Å². The van der Waals surface area contributed by atoms with Gasteiger partial charge in [0, 0.05) is 31.8 Å². The Morgan fingerprint density at radius 2 is 2.21 bits per heavy atom. The number of aryl methyl sites for hydroxylation is 1. The van der Waals surface area contributed by atoms with Gasteiger partial charge in [0.15, 0.2) is 5.82 Å². The van der Waals surface area contributed by atoms with Crippen LogP contribution >= 0.6 is 0 Å². The molecule has 1 aliphatic rings. The van der Waals surface area contributed by atoms with E-state index in [4.69, 9.17) is 4.52 Å². The summed E-state index contributed by atoms with van der Waals surface area (Å²) >= 11 is 0. The fourth-order valence-corrected chi connectivity index (χ4v) is 2.91.